The van der Waals surface area contributed by atoms with Crippen LogP contribution in [0.1, 0.15) is 26.5 Å². The summed E-state index contributed by atoms with van der Waals surface area (Å²) >= 11 is 0. The molecule has 0 fully saturated rings. The Balaban J connectivity index is 2.34. The lowest BCUT2D eigenvalue weighted by Gasteiger charge is -2.05. The third kappa shape index (κ3) is 3.34. The maximum Gasteiger partial charge on any atom is 0.0948 e. The summed E-state index contributed by atoms with van der Waals surface area (Å²) in [6.45, 7) is 9.14. The van der Waals surface area contributed by atoms with Crippen molar-refractivity contribution in [3.05, 3.63) is 29.9 Å². The van der Waals surface area contributed by atoms with E-state index in [0.29, 0.717) is 0 Å². The number of nitrogens with one attached hydrogen (secondary N) is 1. The van der Waals surface area contributed by atoms with Crippen molar-refractivity contribution in [2.45, 2.75) is 33.9 Å². The van der Waals surface area contributed by atoms with E-state index in [-0.39, 0.29) is 0 Å². The zero-order chi connectivity index (χ0) is 10.4. The van der Waals surface area contributed by atoms with Crippen molar-refractivity contribution in [2.75, 3.05) is 6.54 Å². The van der Waals surface area contributed by atoms with E-state index >= 15 is 0 Å². The van der Waals surface area contributed by atoms with E-state index in [1.165, 1.54) is 11.3 Å². The summed E-state index contributed by atoms with van der Waals surface area (Å²) in [7, 11) is 0. The van der Waals surface area contributed by atoms with Crippen LogP contribution in [0.2, 0.25) is 0 Å². The monoisotopic (exact) mass is 193 g/mol. The average molecular weight is 193 g/mol. The standard InChI is InChI=1S/C11H19N3/c1-4-14-9-13-8-11(14)7-12-6-5-10(2)3/h5,8-9,12H,4,6-7H2,1-3H3. The minimum Gasteiger partial charge on any atom is -0.334 e. The summed E-state index contributed by atoms with van der Waals surface area (Å²) in [5.74, 6) is 0. The first-order chi connectivity index (χ1) is 6.74. The fraction of sp³-hybridized carbons (Fsp3) is 0.545. The van der Waals surface area contributed by atoms with E-state index in [4.69, 9.17) is 0 Å². The first-order valence-corrected chi connectivity index (χ1v) is 5.07. The number of imidazole rings is 1. The van der Waals surface area contributed by atoms with Crippen molar-refractivity contribution >= 4 is 0 Å². The quantitative estimate of drug-likeness (QED) is 0.572. The molecule has 0 saturated carbocycles. The number of nitrogens with zero attached hydrogens (tertiary/aromatic N) is 2. The van der Waals surface area contributed by atoms with Gasteiger partial charge >= 0.3 is 0 Å². The Morgan fingerprint density at radius 1 is 1.57 bits per heavy atom. The second kappa shape index (κ2) is 5.60. The molecule has 0 aromatic carbocycles. The molecule has 1 rings (SSSR count). The van der Waals surface area contributed by atoms with E-state index < -0.39 is 0 Å². The van der Waals surface area contributed by atoms with Crippen molar-refractivity contribution in [3.8, 4) is 0 Å². The average Bonchev–Trinajstić information content (AvgIpc) is 2.59. The summed E-state index contributed by atoms with van der Waals surface area (Å²) in [5, 5.41) is 3.36. The van der Waals surface area contributed by atoms with Crippen LogP contribution in [-0.2, 0) is 13.1 Å². The number of rotatable bonds is 5. The Labute approximate surface area is 85.8 Å². The highest BCUT2D eigenvalue weighted by Crippen LogP contribution is 1.98. The summed E-state index contributed by atoms with van der Waals surface area (Å²) in [6, 6.07) is 0. The minimum atomic E-state index is 0.887. The molecule has 0 unspecified atom stereocenters. The predicted molar refractivity (Wildman–Crippen MR) is 59.0 cm³/mol. The minimum absolute atomic E-state index is 0.887. The summed E-state index contributed by atoms with van der Waals surface area (Å²) in [5.41, 5.74) is 2.59. The lowest BCUT2D eigenvalue weighted by Crippen LogP contribution is -2.15. The van der Waals surface area contributed by atoms with Gasteiger partial charge in [0.1, 0.15) is 0 Å². The van der Waals surface area contributed by atoms with Crippen molar-refractivity contribution in [2.24, 2.45) is 0 Å². The molecule has 1 N–H and O–H groups in total. The fourth-order valence-electron chi connectivity index (χ4n) is 1.26. The number of hydrogen-bond acceptors (Lipinski definition) is 2. The summed E-state index contributed by atoms with van der Waals surface area (Å²) in [4.78, 5) is 4.11. The number of hydrogen-bond donors (Lipinski definition) is 1. The first kappa shape index (κ1) is 11.0. The van der Waals surface area contributed by atoms with Gasteiger partial charge in [-0.25, -0.2) is 4.98 Å². The molecule has 3 heteroatoms. The van der Waals surface area contributed by atoms with Crippen LogP contribution >= 0.6 is 0 Å². The van der Waals surface area contributed by atoms with E-state index in [1.54, 1.807) is 0 Å². The molecular weight excluding hydrogens is 174 g/mol. The zero-order valence-electron chi connectivity index (χ0n) is 9.25. The number of aryl methyl sites for hydroxylation is 1. The lowest BCUT2D eigenvalue weighted by atomic mass is 10.3. The molecule has 1 aromatic rings. The van der Waals surface area contributed by atoms with E-state index in [0.717, 1.165) is 19.6 Å². The van der Waals surface area contributed by atoms with Crippen LogP contribution in [0.3, 0.4) is 0 Å². The van der Waals surface area contributed by atoms with Gasteiger partial charge in [-0.15, -0.1) is 0 Å². The molecule has 0 aliphatic heterocycles. The van der Waals surface area contributed by atoms with Crippen LogP contribution < -0.4 is 5.32 Å². The molecular formula is C11H19N3. The van der Waals surface area contributed by atoms with Gasteiger partial charge in [0.2, 0.25) is 0 Å². The number of allylic oxidation sites excluding steroid dienone is 1. The van der Waals surface area contributed by atoms with Crippen molar-refractivity contribution in [3.63, 3.8) is 0 Å². The smallest absolute Gasteiger partial charge is 0.0948 e. The largest absolute Gasteiger partial charge is 0.334 e. The maximum atomic E-state index is 4.11. The van der Waals surface area contributed by atoms with Crippen LogP contribution in [0.15, 0.2) is 24.2 Å². The highest BCUT2D eigenvalue weighted by Gasteiger charge is 1.97. The molecule has 0 atom stereocenters. The summed E-state index contributed by atoms with van der Waals surface area (Å²) in [6.07, 6.45) is 5.98. The lowest BCUT2D eigenvalue weighted by molar-refractivity contribution is 0.656. The molecule has 0 aliphatic rings. The maximum absolute atomic E-state index is 4.11. The van der Waals surface area contributed by atoms with Gasteiger partial charge in [0.15, 0.2) is 0 Å². The van der Waals surface area contributed by atoms with E-state index in [9.17, 15) is 0 Å². The van der Waals surface area contributed by atoms with Crippen LogP contribution in [0, 0.1) is 0 Å². The van der Waals surface area contributed by atoms with Gasteiger partial charge in [-0.2, -0.15) is 0 Å². The van der Waals surface area contributed by atoms with Crippen LogP contribution in [0.4, 0.5) is 0 Å². The third-order valence-corrected chi connectivity index (χ3v) is 2.10. The molecule has 78 valence electrons. The van der Waals surface area contributed by atoms with Gasteiger partial charge in [-0.05, 0) is 20.8 Å². The highest BCUT2D eigenvalue weighted by molar-refractivity contribution is 4.99. The molecule has 0 amide bonds. The van der Waals surface area contributed by atoms with Gasteiger partial charge in [0.05, 0.1) is 12.0 Å². The Hall–Kier alpha value is -1.09. The Kier molecular flexibility index (Phi) is 4.40. The molecule has 0 bridgehead atoms. The van der Waals surface area contributed by atoms with Crippen molar-refractivity contribution in [1.29, 1.82) is 0 Å². The van der Waals surface area contributed by atoms with Gasteiger partial charge in [0, 0.05) is 25.8 Å². The molecule has 0 saturated heterocycles. The normalized spacial score (nSPS) is 10.2. The molecule has 3 nitrogen and oxygen atoms in total. The first-order valence-electron chi connectivity index (χ1n) is 5.07. The molecule has 0 aliphatic carbocycles. The second-order valence-electron chi connectivity index (χ2n) is 3.58. The second-order valence-corrected chi connectivity index (χ2v) is 3.58. The Morgan fingerprint density at radius 3 is 3.00 bits per heavy atom. The van der Waals surface area contributed by atoms with E-state index in [1.807, 2.05) is 12.5 Å². The molecule has 1 heterocycles. The zero-order valence-corrected chi connectivity index (χ0v) is 9.25. The topological polar surface area (TPSA) is 29.9 Å². The van der Waals surface area contributed by atoms with Crippen LogP contribution in [0.5, 0.6) is 0 Å². The molecule has 14 heavy (non-hydrogen) atoms. The third-order valence-electron chi connectivity index (χ3n) is 2.10. The van der Waals surface area contributed by atoms with Gasteiger partial charge < -0.3 is 9.88 Å². The predicted octanol–water partition coefficient (Wildman–Crippen LogP) is 1.96. The highest BCUT2D eigenvalue weighted by atomic mass is 15.1. The van der Waals surface area contributed by atoms with Crippen molar-refractivity contribution in [1.82, 2.24) is 14.9 Å². The summed E-state index contributed by atoms with van der Waals surface area (Å²) < 4.78 is 2.15. The Bertz CT molecular complexity index is 295. The fourth-order valence-corrected chi connectivity index (χ4v) is 1.26. The van der Waals surface area contributed by atoms with Crippen molar-refractivity contribution < 1.29 is 0 Å². The number of aromatic nitrogens is 2. The van der Waals surface area contributed by atoms with Crippen LogP contribution in [0.25, 0.3) is 0 Å². The van der Waals surface area contributed by atoms with Gasteiger partial charge in [-0.1, -0.05) is 11.6 Å². The molecule has 1 aromatic heterocycles. The SMILES string of the molecule is CCn1cncc1CNCC=C(C)C. The molecule has 0 spiro atoms. The van der Waals surface area contributed by atoms with Crippen LogP contribution in [-0.4, -0.2) is 16.1 Å². The van der Waals surface area contributed by atoms with E-state index in [2.05, 4.69) is 41.7 Å². The molecule has 0 radical (unpaired) electrons. The van der Waals surface area contributed by atoms with Gasteiger partial charge in [0.25, 0.3) is 0 Å². The Morgan fingerprint density at radius 2 is 2.36 bits per heavy atom. The van der Waals surface area contributed by atoms with Gasteiger partial charge in [-0.3, -0.25) is 0 Å².